The molecular formula is C9H10N4O4. The van der Waals surface area contributed by atoms with Crippen molar-refractivity contribution >= 4 is 24.2 Å². The van der Waals surface area contributed by atoms with Crippen molar-refractivity contribution < 1.29 is 19.1 Å². The Morgan fingerprint density at radius 2 is 1.71 bits per heavy atom. The van der Waals surface area contributed by atoms with E-state index in [0.29, 0.717) is 0 Å². The number of hydrogen-bond donors (Lipinski definition) is 1. The highest BCUT2D eigenvalue weighted by Crippen LogP contribution is 2.10. The van der Waals surface area contributed by atoms with Gasteiger partial charge in [0.2, 0.25) is 0 Å². The van der Waals surface area contributed by atoms with Crippen LogP contribution in [0.2, 0.25) is 0 Å². The zero-order valence-electron chi connectivity index (χ0n) is 9.21. The molecule has 0 saturated heterocycles. The SMILES string of the molecule is COC(=O)c1cc(C(=O)OC)nc(/N=C\N)n1. The molecule has 0 atom stereocenters. The Balaban J connectivity index is 3.27. The summed E-state index contributed by atoms with van der Waals surface area (Å²) in [6.45, 7) is 0. The Morgan fingerprint density at radius 1 is 1.24 bits per heavy atom. The Morgan fingerprint density at radius 3 is 2.06 bits per heavy atom. The first-order valence-electron chi connectivity index (χ1n) is 4.42. The number of esters is 2. The summed E-state index contributed by atoms with van der Waals surface area (Å²) in [6.07, 6.45) is 0.942. The number of rotatable bonds is 3. The van der Waals surface area contributed by atoms with Crippen LogP contribution in [0.15, 0.2) is 11.1 Å². The van der Waals surface area contributed by atoms with Gasteiger partial charge in [0.05, 0.1) is 20.6 Å². The fourth-order valence-electron chi connectivity index (χ4n) is 0.977. The van der Waals surface area contributed by atoms with Crippen LogP contribution < -0.4 is 5.73 Å². The lowest BCUT2D eigenvalue weighted by Gasteiger charge is -2.02. The molecule has 0 unspecified atom stereocenters. The van der Waals surface area contributed by atoms with Gasteiger partial charge in [-0.15, -0.1) is 0 Å². The average molecular weight is 238 g/mol. The van der Waals surface area contributed by atoms with Crippen molar-refractivity contribution in [3.8, 4) is 0 Å². The van der Waals surface area contributed by atoms with Gasteiger partial charge in [-0.2, -0.15) is 0 Å². The van der Waals surface area contributed by atoms with E-state index in [1.807, 2.05) is 0 Å². The van der Waals surface area contributed by atoms with Gasteiger partial charge in [0.15, 0.2) is 11.4 Å². The number of nitrogens with zero attached hydrogens (tertiary/aromatic N) is 3. The molecule has 1 heterocycles. The van der Waals surface area contributed by atoms with E-state index in [9.17, 15) is 9.59 Å². The predicted octanol–water partition coefficient (Wildman–Crippen LogP) is -0.332. The molecule has 0 amide bonds. The third kappa shape index (κ3) is 2.97. The van der Waals surface area contributed by atoms with Crippen LogP contribution in [0.4, 0.5) is 5.95 Å². The van der Waals surface area contributed by atoms with Crippen molar-refractivity contribution in [2.45, 2.75) is 0 Å². The highest BCUT2D eigenvalue weighted by molar-refractivity contribution is 5.93. The number of carbonyl (C=O) groups is 2. The maximum absolute atomic E-state index is 11.3. The summed E-state index contributed by atoms with van der Waals surface area (Å²) in [6, 6.07) is 1.15. The number of nitrogens with two attached hydrogens (primary N) is 1. The van der Waals surface area contributed by atoms with Crippen LogP contribution in [0.5, 0.6) is 0 Å². The first-order valence-corrected chi connectivity index (χ1v) is 4.42. The standard InChI is InChI=1S/C9H10N4O4/c1-16-7(14)5-3-6(8(15)17-2)13-9(12-5)11-4-10/h3-4H,1-2H3,(H2,10,11,12,13). The molecule has 0 bridgehead atoms. The molecule has 17 heavy (non-hydrogen) atoms. The topological polar surface area (TPSA) is 117 Å². The molecule has 1 aromatic rings. The number of hydrogen-bond acceptors (Lipinski definition) is 7. The van der Waals surface area contributed by atoms with Gasteiger partial charge in [-0.3, -0.25) is 0 Å². The molecule has 8 heteroatoms. The molecule has 0 saturated carbocycles. The largest absolute Gasteiger partial charge is 0.464 e. The van der Waals surface area contributed by atoms with Crippen LogP contribution in [-0.4, -0.2) is 42.5 Å². The summed E-state index contributed by atoms with van der Waals surface area (Å²) in [5, 5.41) is 0. The second kappa shape index (κ2) is 5.54. The van der Waals surface area contributed by atoms with Crippen LogP contribution in [0, 0.1) is 0 Å². The van der Waals surface area contributed by atoms with Gasteiger partial charge in [0.1, 0.15) is 0 Å². The summed E-state index contributed by atoms with van der Waals surface area (Å²) in [5.74, 6) is -1.56. The van der Waals surface area contributed by atoms with Gasteiger partial charge >= 0.3 is 11.9 Å². The van der Waals surface area contributed by atoms with Crippen LogP contribution in [0.1, 0.15) is 21.0 Å². The summed E-state index contributed by atoms with van der Waals surface area (Å²) in [4.78, 5) is 33.6. The lowest BCUT2D eigenvalue weighted by Crippen LogP contribution is -2.11. The first kappa shape index (κ1) is 12.6. The van der Waals surface area contributed by atoms with Crippen molar-refractivity contribution in [3.63, 3.8) is 0 Å². The van der Waals surface area contributed by atoms with Gasteiger partial charge in [0, 0.05) is 6.07 Å². The highest BCUT2D eigenvalue weighted by Gasteiger charge is 2.16. The maximum atomic E-state index is 11.3. The lowest BCUT2D eigenvalue weighted by atomic mass is 10.3. The van der Waals surface area contributed by atoms with Crippen molar-refractivity contribution in [1.29, 1.82) is 0 Å². The van der Waals surface area contributed by atoms with E-state index in [0.717, 1.165) is 12.4 Å². The van der Waals surface area contributed by atoms with Gasteiger partial charge in [-0.05, 0) is 0 Å². The van der Waals surface area contributed by atoms with Crippen LogP contribution in [-0.2, 0) is 9.47 Å². The Labute approximate surface area is 96.5 Å². The van der Waals surface area contributed by atoms with Crippen molar-refractivity contribution in [2.75, 3.05) is 14.2 Å². The molecule has 1 aromatic heterocycles. The minimum Gasteiger partial charge on any atom is -0.464 e. The Kier molecular flexibility index (Phi) is 4.09. The molecule has 0 spiro atoms. The zero-order valence-corrected chi connectivity index (χ0v) is 9.21. The highest BCUT2D eigenvalue weighted by atomic mass is 16.5. The molecule has 2 N–H and O–H groups in total. The Bertz CT molecular complexity index is 438. The third-order valence-corrected chi connectivity index (χ3v) is 1.69. The zero-order chi connectivity index (χ0) is 12.8. The lowest BCUT2D eigenvalue weighted by molar-refractivity contribution is 0.0590. The maximum Gasteiger partial charge on any atom is 0.356 e. The summed E-state index contributed by atoms with van der Waals surface area (Å²) in [5.41, 5.74) is 4.86. The van der Waals surface area contributed by atoms with E-state index in [1.54, 1.807) is 0 Å². The van der Waals surface area contributed by atoms with Gasteiger partial charge in [-0.25, -0.2) is 24.5 Å². The normalized spacial score (nSPS) is 10.2. The molecule has 0 aliphatic heterocycles. The molecule has 0 aliphatic carbocycles. The smallest absolute Gasteiger partial charge is 0.356 e. The number of aliphatic imine (C=N–C) groups is 1. The second-order valence-corrected chi connectivity index (χ2v) is 2.70. The van der Waals surface area contributed by atoms with E-state index < -0.39 is 11.9 Å². The fourth-order valence-corrected chi connectivity index (χ4v) is 0.977. The van der Waals surface area contributed by atoms with Crippen LogP contribution >= 0.6 is 0 Å². The van der Waals surface area contributed by atoms with Gasteiger partial charge < -0.3 is 15.2 Å². The van der Waals surface area contributed by atoms with Crippen molar-refractivity contribution in [1.82, 2.24) is 9.97 Å². The monoisotopic (exact) mass is 238 g/mol. The minimum absolute atomic E-state index is 0.108. The van der Waals surface area contributed by atoms with E-state index in [-0.39, 0.29) is 17.3 Å². The molecule has 1 rings (SSSR count). The van der Waals surface area contributed by atoms with E-state index in [2.05, 4.69) is 24.4 Å². The summed E-state index contributed by atoms with van der Waals surface area (Å²) < 4.78 is 8.95. The summed E-state index contributed by atoms with van der Waals surface area (Å²) in [7, 11) is 2.38. The fraction of sp³-hybridized carbons (Fsp3) is 0.222. The van der Waals surface area contributed by atoms with Crippen LogP contribution in [0.25, 0.3) is 0 Å². The number of carbonyl (C=O) groups excluding carboxylic acids is 2. The number of methoxy groups -OCH3 is 2. The second-order valence-electron chi connectivity index (χ2n) is 2.70. The first-order chi connectivity index (χ1) is 8.12. The molecule has 0 aromatic carbocycles. The Hall–Kier alpha value is -2.51. The van der Waals surface area contributed by atoms with Crippen molar-refractivity contribution in [3.05, 3.63) is 17.5 Å². The molecule has 90 valence electrons. The van der Waals surface area contributed by atoms with Crippen molar-refractivity contribution in [2.24, 2.45) is 10.7 Å². The molecule has 8 nitrogen and oxygen atoms in total. The van der Waals surface area contributed by atoms with E-state index in [4.69, 9.17) is 5.73 Å². The quantitative estimate of drug-likeness (QED) is 0.435. The number of aromatic nitrogens is 2. The molecular weight excluding hydrogens is 228 g/mol. The summed E-state index contributed by atoms with van der Waals surface area (Å²) >= 11 is 0. The number of ether oxygens (including phenoxy) is 2. The van der Waals surface area contributed by atoms with E-state index in [1.165, 1.54) is 14.2 Å². The minimum atomic E-state index is -0.717. The molecule has 0 aliphatic rings. The molecule has 0 radical (unpaired) electrons. The third-order valence-electron chi connectivity index (χ3n) is 1.69. The van der Waals surface area contributed by atoms with Gasteiger partial charge in [0.25, 0.3) is 5.95 Å². The predicted molar refractivity (Wildman–Crippen MR) is 57.1 cm³/mol. The van der Waals surface area contributed by atoms with Crippen LogP contribution in [0.3, 0.4) is 0 Å². The van der Waals surface area contributed by atoms with E-state index >= 15 is 0 Å². The average Bonchev–Trinajstić information content (AvgIpc) is 2.36. The van der Waals surface area contributed by atoms with Gasteiger partial charge in [-0.1, -0.05) is 0 Å². The molecule has 0 fully saturated rings.